The Balaban J connectivity index is 2.18. The zero-order chi connectivity index (χ0) is 15.6. The highest BCUT2D eigenvalue weighted by Crippen LogP contribution is 2.34. The van der Waals surface area contributed by atoms with E-state index in [0.29, 0.717) is 19.3 Å². The molecule has 1 fully saturated rings. The Morgan fingerprint density at radius 3 is 2.57 bits per heavy atom. The van der Waals surface area contributed by atoms with Gasteiger partial charge in [-0.15, -0.1) is 0 Å². The molecule has 1 aromatic rings. The minimum atomic E-state index is -1.03. The van der Waals surface area contributed by atoms with Gasteiger partial charge in [-0.1, -0.05) is 6.42 Å². The minimum Gasteiger partial charge on any atom is -0.506 e. The van der Waals surface area contributed by atoms with E-state index in [9.17, 15) is 24.8 Å². The van der Waals surface area contributed by atoms with Crippen molar-refractivity contribution in [3.63, 3.8) is 0 Å². The number of phenolic OH excluding ortho intramolecular Hbond substituents is 1. The van der Waals surface area contributed by atoms with Gasteiger partial charge in [-0.2, -0.15) is 0 Å². The number of anilines is 1. The Morgan fingerprint density at radius 1 is 1.29 bits per heavy atom. The summed E-state index contributed by atoms with van der Waals surface area (Å²) in [5.74, 6) is -3.34. The molecule has 0 saturated heterocycles. The molecule has 0 radical (unpaired) electrons. The van der Waals surface area contributed by atoms with Crippen molar-refractivity contribution >= 4 is 23.3 Å². The Kier molecular flexibility index (Phi) is 4.06. The molecule has 1 saturated carbocycles. The van der Waals surface area contributed by atoms with Crippen molar-refractivity contribution in [2.45, 2.75) is 19.3 Å². The van der Waals surface area contributed by atoms with Crippen molar-refractivity contribution in [3.05, 3.63) is 28.3 Å². The van der Waals surface area contributed by atoms with Gasteiger partial charge in [0.2, 0.25) is 5.91 Å². The minimum absolute atomic E-state index is 0.0924. The van der Waals surface area contributed by atoms with Crippen molar-refractivity contribution in [1.82, 2.24) is 0 Å². The normalized spacial score (nSPS) is 21.0. The summed E-state index contributed by atoms with van der Waals surface area (Å²) in [7, 11) is 0. The fourth-order valence-corrected chi connectivity index (χ4v) is 2.53. The molecule has 0 aliphatic heterocycles. The Labute approximate surface area is 119 Å². The second-order valence-corrected chi connectivity index (χ2v) is 4.93. The summed E-state index contributed by atoms with van der Waals surface area (Å²) in [5, 5.41) is 31.7. The number of phenols is 1. The first-order valence-electron chi connectivity index (χ1n) is 6.41. The summed E-state index contributed by atoms with van der Waals surface area (Å²) in [6, 6.07) is 3.26. The van der Waals surface area contributed by atoms with Gasteiger partial charge in [0.05, 0.1) is 22.4 Å². The number of nitrogens with zero attached hydrogens (tertiary/aromatic N) is 1. The maximum Gasteiger partial charge on any atom is 0.307 e. The first kappa shape index (κ1) is 14.8. The zero-order valence-corrected chi connectivity index (χ0v) is 11.0. The fraction of sp³-hybridized carbons (Fsp3) is 0.385. The second kappa shape index (κ2) is 5.78. The van der Waals surface area contributed by atoms with E-state index in [2.05, 4.69) is 5.32 Å². The van der Waals surface area contributed by atoms with Crippen LogP contribution in [0, 0.1) is 22.0 Å². The molecule has 21 heavy (non-hydrogen) atoms. The monoisotopic (exact) mass is 294 g/mol. The molecule has 8 nitrogen and oxygen atoms in total. The second-order valence-electron chi connectivity index (χ2n) is 4.93. The van der Waals surface area contributed by atoms with Crippen molar-refractivity contribution < 1.29 is 24.7 Å². The predicted octanol–water partition coefficient (Wildman–Crippen LogP) is 1.74. The maximum atomic E-state index is 12.1. The van der Waals surface area contributed by atoms with E-state index in [1.54, 1.807) is 0 Å². The Morgan fingerprint density at radius 2 is 1.95 bits per heavy atom. The number of rotatable bonds is 4. The van der Waals surface area contributed by atoms with Gasteiger partial charge in [0.15, 0.2) is 0 Å². The number of carbonyl (C=O) groups excluding carboxylic acids is 1. The highest BCUT2D eigenvalue weighted by atomic mass is 16.6. The number of aliphatic carboxylic acids is 1. The number of amides is 1. The van der Waals surface area contributed by atoms with E-state index in [-0.39, 0.29) is 17.1 Å². The third-order valence-corrected chi connectivity index (χ3v) is 3.62. The molecule has 1 aliphatic rings. The Hall–Kier alpha value is -2.64. The number of non-ortho nitro benzene ring substituents is 1. The average molecular weight is 294 g/mol. The molecule has 1 aromatic carbocycles. The molecule has 8 heteroatoms. The SMILES string of the molecule is O=C(O)[C@H]1CCC[C@H]1C(=O)Nc1cc([N+](=O)[O-])ccc1O. The molecule has 3 N–H and O–H groups in total. The van der Waals surface area contributed by atoms with Crippen LogP contribution in [0.5, 0.6) is 5.75 Å². The lowest BCUT2D eigenvalue weighted by molar-refractivity contribution is -0.384. The van der Waals surface area contributed by atoms with Gasteiger partial charge < -0.3 is 15.5 Å². The van der Waals surface area contributed by atoms with Crippen LogP contribution in [0.15, 0.2) is 18.2 Å². The van der Waals surface area contributed by atoms with Gasteiger partial charge >= 0.3 is 5.97 Å². The molecule has 112 valence electrons. The van der Waals surface area contributed by atoms with E-state index in [1.165, 1.54) is 0 Å². The van der Waals surface area contributed by atoms with Gasteiger partial charge in [0.1, 0.15) is 5.75 Å². The number of hydrogen-bond acceptors (Lipinski definition) is 5. The summed E-state index contributed by atoms with van der Waals surface area (Å²) in [6.07, 6.45) is 1.50. The number of carboxylic acids is 1. The number of hydrogen-bond donors (Lipinski definition) is 3. The third-order valence-electron chi connectivity index (χ3n) is 3.62. The molecule has 1 amide bonds. The quantitative estimate of drug-likeness (QED) is 0.440. The maximum absolute atomic E-state index is 12.1. The molecule has 0 spiro atoms. The highest BCUT2D eigenvalue weighted by Gasteiger charge is 2.38. The van der Waals surface area contributed by atoms with E-state index in [0.717, 1.165) is 18.2 Å². The number of carbonyl (C=O) groups is 2. The molecule has 0 heterocycles. The average Bonchev–Trinajstić information content (AvgIpc) is 2.90. The highest BCUT2D eigenvalue weighted by molar-refractivity contribution is 5.96. The van der Waals surface area contributed by atoms with Gasteiger partial charge in [0, 0.05) is 12.1 Å². The van der Waals surface area contributed by atoms with Crippen molar-refractivity contribution in [3.8, 4) is 5.75 Å². The van der Waals surface area contributed by atoms with Crippen LogP contribution in [-0.2, 0) is 9.59 Å². The van der Waals surface area contributed by atoms with Crippen LogP contribution in [0.1, 0.15) is 19.3 Å². The summed E-state index contributed by atoms with van der Waals surface area (Å²) in [6.45, 7) is 0. The molecule has 0 bridgehead atoms. The first-order chi connectivity index (χ1) is 9.90. The fourth-order valence-electron chi connectivity index (χ4n) is 2.53. The van der Waals surface area contributed by atoms with Crippen LogP contribution < -0.4 is 5.32 Å². The summed E-state index contributed by atoms with van der Waals surface area (Å²) in [5.41, 5.74) is -0.366. The number of carboxylic acid groups (broad SMARTS) is 1. The van der Waals surface area contributed by atoms with Crippen molar-refractivity contribution in [2.24, 2.45) is 11.8 Å². The predicted molar refractivity (Wildman–Crippen MR) is 71.9 cm³/mol. The number of nitrogens with one attached hydrogen (secondary N) is 1. The topological polar surface area (TPSA) is 130 Å². The van der Waals surface area contributed by atoms with E-state index >= 15 is 0 Å². The molecule has 0 aromatic heterocycles. The van der Waals surface area contributed by atoms with Crippen LogP contribution in [-0.4, -0.2) is 27.0 Å². The first-order valence-corrected chi connectivity index (χ1v) is 6.41. The number of nitro benzene ring substituents is 1. The third kappa shape index (κ3) is 3.10. The molecule has 1 aliphatic carbocycles. The summed E-state index contributed by atoms with van der Waals surface area (Å²) < 4.78 is 0. The van der Waals surface area contributed by atoms with Crippen molar-refractivity contribution in [1.29, 1.82) is 0 Å². The summed E-state index contributed by atoms with van der Waals surface area (Å²) in [4.78, 5) is 33.2. The van der Waals surface area contributed by atoms with E-state index in [1.807, 2.05) is 0 Å². The largest absolute Gasteiger partial charge is 0.506 e. The van der Waals surface area contributed by atoms with E-state index < -0.39 is 28.6 Å². The smallest absolute Gasteiger partial charge is 0.307 e. The number of aromatic hydroxyl groups is 1. The Bertz CT molecular complexity index is 600. The van der Waals surface area contributed by atoms with Gasteiger partial charge in [-0.3, -0.25) is 19.7 Å². The van der Waals surface area contributed by atoms with Crippen LogP contribution >= 0.6 is 0 Å². The lowest BCUT2D eigenvalue weighted by Gasteiger charge is -2.16. The summed E-state index contributed by atoms with van der Waals surface area (Å²) >= 11 is 0. The molecule has 2 rings (SSSR count). The van der Waals surface area contributed by atoms with E-state index in [4.69, 9.17) is 5.11 Å². The standard InChI is InChI=1S/C13H14N2O6/c16-11-5-4-7(15(20)21)6-10(11)14-12(17)8-2-1-3-9(8)13(18)19/h4-6,8-9,16H,1-3H2,(H,14,17)(H,18,19)/t8-,9+/m1/s1. The van der Waals surface area contributed by atoms with Gasteiger partial charge in [-0.05, 0) is 18.9 Å². The molecular weight excluding hydrogens is 280 g/mol. The number of benzene rings is 1. The van der Waals surface area contributed by atoms with Crippen LogP contribution in [0.2, 0.25) is 0 Å². The molecule has 2 atom stereocenters. The van der Waals surface area contributed by atoms with Crippen LogP contribution in [0.3, 0.4) is 0 Å². The lowest BCUT2D eigenvalue weighted by atomic mass is 9.95. The van der Waals surface area contributed by atoms with Crippen LogP contribution in [0.25, 0.3) is 0 Å². The molecular formula is C13H14N2O6. The van der Waals surface area contributed by atoms with Crippen LogP contribution in [0.4, 0.5) is 11.4 Å². The van der Waals surface area contributed by atoms with Gasteiger partial charge in [-0.25, -0.2) is 0 Å². The lowest BCUT2D eigenvalue weighted by Crippen LogP contribution is -2.30. The molecule has 0 unspecified atom stereocenters. The number of nitro groups is 1. The van der Waals surface area contributed by atoms with Crippen molar-refractivity contribution in [2.75, 3.05) is 5.32 Å². The zero-order valence-electron chi connectivity index (χ0n) is 11.0. The van der Waals surface area contributed by atoms with Gasteiger partial charge in [0.25, 0.3) is 5.69 Å².